The van der Waals surface area contributed by atoms with E-state index in [1.165, 1.54) is 0 Å². The number of benzene rings is 2. The third-order valence-corrected chi connectivity index (χ3v) is 5.72. The molecule has 0 saturated carbocycles. The molecule has 8 heteroatoms. The average Bonchev–Trinajstić information content (AvgIpc) is 3.38. The molecule has 0 radical (unpaired) electrons. The van der Waals surface area contributed by atoms with Crippen LogP contribution in [0.25, 0.3) is 11.3 Å². The minimum Gasteiger partial charge on any atom is -0.447 e. The van der Waals surface area contributed by atoms with Gasteiger partial charge in [0.25, 0.3) is 5.91 Å². The molecule has 0 atom stereocenters. The van der Waals surface area contributed by atoms with Gasteiger partial charge in [0.2, 0.25) is 0 Å². The molecule has 0 fully saturated rings. The molecule has 0 saturated heterocycles. The molecule has 0 aliphatic carbocycles. The molecule has 1 N–H and O–H groups in total. The number of anilines is 2. The van der Waals surface area contributed by atoms with Crippen molar-refractivity contribution in [1.82, 2.24) is 14.8 Å². The summed E-state index contributed by atoms with van der Waals surface area (Å²) in [5.41, 5.74) is 3.85. The summed E-state index contributed by atoms with van der Waals surface area (Å²) in [6.07, 6.45) is 4.73. The van der Waals surface area contributed by atoms with E-state index in [4.69, 9.17) is 4.74 Å². The zero-order valence-corrected chi connectivity index (χ0v) is 21.5. The quantitative estimate of drug-likeness (QED) is 0.341. The standard InChI is InChI=1S/C29H31N5O3/c1-21-8-10-22(11-9-21)26-25(7-5-16-30-26)27(35)32-23-12-14-24(15-13-23)34(29(2,3)4)28(36)37-20-19-33-18-6-17-31-33/h5-18H,19-20H2,1-4H3,(H,32,35). The molecular weight excluding hydrogens is 466 g/mol. The van der Waals surface area contributed by atoms with E-state index in [1.807, 2.05) is 64.2 Å². The van der Waals surface area contributed by atoms with Crippen molar-refractivity contribution >= 4 is 23.4 Å². The second-order valence-corrected chi connectivity index (χ2v) is 9.66. The van der Waals surface area contributed by atoms with Crippen LogP contribution in [0.1, 0.15) is 36.7 Å². The highest BCUT2D eigenvalue weighted by atomic mass is 16.6. The maximum absolute atomic E-state index is 13.1. The van der Waals surface area contributed by atoms with Gasteiger partial charge < -0.3 is 10.1 Å². The number of carbonyl (C=O) groups is 2. The monoisotopic (exact) mass is 497 g/mol. The highest BCUT2D eigenvalue weighted by molar-refractivity contribution is 6.08. The fourth-order valence-electron chi connectivity index (χ4n) is 3.91. The molecule has 0 aliphatic heterocycles. The van der Waals surface area contributed by atoms with E-state index >= 15 is 0 Å². The predicted molar refractivity (Wildman–Crippen MR) is 145 cm³/mol. The lowest BCUT2D eigenvalue weighted by Crippen LogP contribution is -2.46. The first-order valence-electron chi connectivity index (χ1n) is 12.1. The van der Waals surface area contributed by atoms with Crippen molar-refractivity contribution in [3.05, 3.63) is 96.4 Å². The van der Waals surface area contributed by atoms with Crippen LogP contribution in [0.3, 0.4) is 0 Å². The average molecular weight is 498 g/mol. The Labute approximate surface area is 216 Å². The number of pyridine rings is 1. The lowest BCUT2D eigenvalue weighted by Gasteiger charge is -2.34. The van der Waals surface area contributed by atoms with Gasteiger partial charge in [0.15, 0.2) is 0 Å². The number of aryl methyl sites for hydroxylation is 1. The summed E-state index contributed by atoms with van der Waals surface area (Å²) >= 11 is 0. The van der Waals surface area contributed by atoms with Gasteiger partial charge in [-0.05, 0) is 70.2 Å². The van der Waals surface area contributed by atoms with Crippen molar-refractivity contribution in [2.75, 3.05) is 16.8 Å². The second-order valence-electron chi connectivity index (χ2n) is 9.66. The molecule has 0 bridgehead atoms. The number of aromatic nitrogens is 3. The maximum Gasteiger partial charge on any atom is 0.414 e. The van der Waals surface area contributed by atoms with Crippen molar-refractivity contribution < 1.29 is 14.3 Å². The predicted octanol–water partition coefficient (Wildman–Crippen LogP) is 5.95. The van der Waals surface area contributed by atoms with Crippen molar-refractivity contribution in [3.63, 3.8) is 0 Å². The van der Waals surface area contributed by atoms with E-state index in [9.17, 15) is 9.59 Å². The lowest BCUT2D eigenvalue weighted by molar-refractivity contribution is 0.102. The Morgan fingerprint density at radius 3 is 2.35 bits per heavy atom. The topological polar surface area (TPSA) is 89.4 Å². The molecule has 0 aliphatic rings. The molecule has 2 amide bonds. The van der Waals surface area contributed by atoms with Gasteiger partial charge >= 0.3 is 6.09 Å². The molecule has 37 heavy (non-hydrogen) atoms. The summed E-state index contributed by atoms with van der Waals surface area (Å²) in [5, 5.41) is 7.06. The van der Waals surface area contributed by atoms with E-state index in [-0.39, 0.29) is 12.5 Å². The van der Waals surface area contributed by atoms with Gasteiger partial charge in [0.1, 0.15) is 6.61 Å². The van der Waals surface area contributed by atoms with Crippen LogP contribution in [0.4, 0.5) is 16.2 Å². The minimum absolute atomic E-state index is 0.204. The first-order chi connectivity index (χ1) is 17.7. The Morgan fingerprint density at radius 2 is 1.70 bits per heavy atom. The van der Waals surface area contributed by atoms with Crippen LogP contribution >= 0.6 is 0 Å². The Bertz CT molecular complexity index is 1340. The van der Waals surface area contributed by atoms with Crippen molar-refractivity contribution in [2.45, 2.75) is 39.8 Å². The molecule has 190 valence electrons. The Morgan fingerprint density at radius 1 is 0.973 bits per heavy atom. The van der Waals surface area contributed by atoms with E-state index < -0.39 is 11.6 Å². The molecule has 2 aromatic heterocycles. The van der Waals surface area contributed by atoms with Crippen LogP contribution in [0.15, 0.2) is 85.3 Å². The Balaban J connectivity index is 1.47. The summed E-state index contributed by atoms with van der Waals surface area (Å²) in [7, 11) is 0. The number of amides is 2. The number of carbonyl (C=O) groups excluding carboxylic acids is 2. The van der Waals surface area contributed by atoms with Crippen LogP contribution in [-0.2, 0) is 11.3 Å². The van der Waals surface area contributed by atoms with Gasteiger partial charge in [0.05, 0.1) is 17.8 Å². The van der Waals surface area contributed by atoms with Gasteiger partial charge in [-0.1, -0.05) is 29.8 Å². The van der Waals surface area contributed by atoms with E-state index in [2.05, 4.69) is 15.4 Å². The van der Waals surface area contributed by atoms with Gasteiger partial charge in [-0.25, -0.2) is 4.79 Å². The Kier molecular flexibility index (Phi) is 7.67. The molecule has 0 unspecified atom stereocenters. The molecule has 2 aromatic carbocycles. The minimum atomic E-state index is -0.522. The summed E-state index contributed by atoms with van der Waals surface area (Å²) in [5.74, 6) is -0.262. The lowest BCUT2D eigenvalue weighted by atomic mass is 10.0. The third-order valence-electron chi connectivity index (χ3n) is 5.72. The van der Waals surface area contributed by atoms with Gasteiger partial charge in [-0.15, -0.1) is 0 Å². The molecular formula is C29H31N5O3. The van der Waals surface area contributed by atoms with E-state index in [0.717, 1.165) is 11.1 Å². The fraction of sp³-hybridized carbons (Fsp3) is 0.241. The second kappa shape index (κ2) is 11.1. The molecule has 0 spiro atoms. The van der Waals surface area contributed by atoms with Gasteiger partial charge in [0, 0.05) is 41.1 Å². The van der Waals surface area contributed by atoms with Crippen LogP contribution in [0.5, 0.6) is 0 Å². The van der Waals surface area contributed by atoms with Crippen LogP contribution < -0.4 is 10.2 Å². The number of nitrogens with zero attached hydrogens (tertiary/aromatic N) is 4. The summed E-state index contributed by atoms with van der Waals surface area (Å²) in [4.78, 5) is 32.1. The summed E-state index contributed by atoms with van der Waals surface area (Å²) in [6.45, 7) is 8.50. The largest absolute Gasteiger partial charge is 0.447 e. The first-order valence-corrected chi connectivity index (χ1v) is 12.1. The van der Waals surface area contributed by atoms with Crippen molar-refractivity contribution in [3.8, 4) is 11.3 Å². The number of hydrogen-bond acceptors (Lipinski definition) is 5. The SMILES string of the molecule is Cc1ccc(-c2ncccc2C(=O)Nc2ccc(N(C(=O)OCCn3cccn3)C(C)(C)C)cc2)cc1. The Hall–Kier alpha value is -4.46. The third kappa shape index (κ3) is 6.41. The van der Waals surface area contributed by atoms with E-state index in [1.54, 1.807) is 58.4 Å². The van der Waals surface area contributed by atoms with Crippen LogP contribution in [-0.4, -0.2) is 38.9 Å². The number of rotatable bonds is 7. The highest BCUT2D eigenvalue weighted by Gasteiger charge is 2.29. The van der Waals surface area contributed by atoms with E-state index in [0.29, 0.717) is 29.2 Å². The summed E-state index contributed by atoms with van der Waals surface area (Å²) < 4.78 is 7.23. The molecule has 2 heterocycles. The van der Waals surface area contributed by atoms with Crippen LogP contribution in [0.2, 0.25) is 0 Å². The highest BCUT2D eigenvalue weighted by Crippen LogP contribution is 2.27. The zero-order chi connectivity index (χ0) is 26.4. The van der Waals surface area contributed by atoms with Crippen molar-refractivity contribution in [2.24, 2.45) is 0 Å². The molecule has 8 nitrogen and oxygen atoms in total. The number of ether oxygens (including phenoxy) is 1. The van der Waals surface area contributed by atoms with Crippen molar-refractivity contribution in [1.29, 1.82) is 0 Å². The normalized spacial score (nSPS) is 11.1. The first kappa shape index (κ1) is 25.6. The number of nitrogens with one attached hydrogen (secondary N) is 1. The fourth-order valence-corrected chi connectivity index (χ4v) is 3.91. The molecule has 4 rings (SSSR count). The number of hydrogen-bond donors (Lipinski definition) is 1. The van der Waals surface area contributed by atoms with Gasteiger partial charge in [-0.2, -0.15) is 5.10 Å². The maximum atomic E-state index is 13.1. The van der Waals surface area contributed by atoms with Crippen LogP contribution in [0, 0.1) is 6.92 Å². The molecule has 4 aromatic rings. The summed E-state index contributed by atoms with van der Waals surface area (Å²) in [6, 6.07) is 20.3. The smallest absolute Gasteiger partial charge is 0.414 e. The van der Waals surface area contributed by atoms with Gasteiger partial charge in [-0.3, -0.25) is 19.4 Å². The zero-order valence-electron chi connectivity index (χ0n) is 21.5.